The minimum Gasteiger partial charge on any atom is -0.356 e. The normalized spacial score (nSPS) is 12.5. The third-order valence-electron chi connectivity index (χ3n) is 4.67. The van der Waals surface area contributed by atoms with E-state index in [0.29, 0.717) is 11.5 Å². The molecule has 0 amide bonds. The number of aryl methyl sites for hydroxylation is 2. The summed E-state index contributed by atoms with van der Waals surface area (Å²) in [5, 5.41) is 6.62. The lowest BCUT2D eigenvalue weighted by Gasteiger charge is -2.18. The molecule has 0 saturated heterocycles. The molecule has 0 aliphatic carbocycles. The number of imidazole rings is 1. The quantitative estimate of drug-likeness (QED) is 0.231. The van der Waals surface area contributed by atoms with E-state index in [1.54, 1.807) is 26.1 Å². The minimum absolute atomic E-state index is 0. The van der Waals surface area contributed by atoms with Crippen LogP contribution in [0.5, 0.6) is 0 Å². The second-order valence-corrected chi connectivity index (χ2v) is 6.65. The molecule has 7 heteroatoms. The van der Waals surface area contributed by atoms with Gasteiger partial charge < -0.3 is 15.2 Å². The Labute approximate surface area is 182 Å². The van der Waals surface area contributed by atoms with Crippen LogP contribution in [-0.2, 0) is 6.54 Å². The van der Waals surface area contributed by atoms with Crippen LogP contribution < -0.4 is 10.6 Å². The zero-order valence-corrected chi connectivity index (χ0v) is 18.8. The Bertz CT molecular complexity index is 937. The van der Waals surface area contributed by atoms with Crippen molar-refractivity contribution in [3.8, 4) is 0 Å². The highest BCUT2D eigenvalue weighted by Crippen LogP contribution is 2.16. The Morgan fingerprint density at radius 3 is 2.79 bits per heavy atom. The number of benzene rings is 2. The maximum atomic E-state index is 13.8. The average Bonchev–Trinajstić information content (AvgIpc) is 3.09. The highest BCUT2D eigenvalue weighted by molar-refractivity contribution is 14.0. The molecule has 150 valence electrons. The van der Waals surface area contributed by atoms with Gasteiger partial charge in [0.25, 0.3) is 0 Å². The Kier molecular flexibility index (Phi) is 8.22. The van der Waals surface area contributed by atoms with E-state index in [9.17, 15) is 4.39 Å². The zero-order valence-electron chi connectivity index (χ0n) is 16.4. The van der Waals surface area contributed by atoms with Crippen molar-refractivity contribution < 1.29 is 4.39 Å². The number of rotatable bonds is 6. The summed E-state index contributed by atoms with van der Waals surface area (Å²) < 4.78 is 15.9. The van der Waals surface area contributed by atoms with Gasteiger partial charge in [-0.15, -0.1) is 24.0 Å². The van der Waals surface area contributed by atoms with Gasteiger partial charge in [-0.3, -0.25) is 4.99 Å². The number of hydrogen-bond acceptors (Lipinski definition) is 2. The van der Waals surface area contributed by atoms with Gasteiger partial charge in [0.15, 0.2) is 5.96 Å². The molecule has 28 heavy (non-hydrogen) atoms. The number of fused-ring (bicyclic) bond motifs is 1. The molecule has 0 aliphatic rings. The number of hydrogen-bond donors (Lipinski definition) is 2. The van der Waals surface area contributed by atoms with Gasteiger partial charge in [0.2, 0.25) is 0 Å². The zero-order chi connectivity index (χ0) is 19.2. The average molecular weight is 495 g/mol. The molecule has 1 heterocycles. The van der Waals surface area contributed by atoms with Crippen molar-refractivity contribution >= 4 is 41.0 Å². The van der Waals surface area contributed by atoms with Crippen LogP contribution in [0.1, 0.15) is 30.5 Å². The van der Waals surface area contributed by atoms with Crippen LogP contribution in [0.25, 0.3) is 11.0 Å². The highest BCUT2D eigenvalue weighted by atomic mass is 127. The van der Waals surface area contributed by atoms with E-state index >= 15 is 0 Å². The van der Waals surface area contributed by atoms with Gasteiger partial charge in [-0.05, 0) is 49.6 Å². The molecular weight excluding hydrogens is 468 g/mol. The van der Waals surface area contributed by atoms with Gasteiger partial charge in [0.1, 0.15) is 5.82 Å². The summed E-state index contributed by atoms with van der Waals surface area (Å²) >= 11 is 0. The number of guanidine groups is 1. The number of nitrogens with one attached hydrogen (secondary N) is 2. The molecule has 0 radical (unpaired) electrons. The summed E-state index contributed by atoms with van der Waals surface area (Å²) in [4.78, 5) is 8.67. The van der Waals surface area contributed by atoms with Crippen LogP contribution in [0, 0.1) is 12.7 Å². The first-order chi connectivity index (χ1) is 13.1. The van der Waals surface area contributed by atoms with Crippen molar-refractivity contribution in [2.24, 2.45) is 4.99 Å². The van der Waals surface area contributed by atoms with Crippen molar-refractivity contribution in [3.05, 3.63) is 65.7 Å². The number of aliphatic imine (C=N–C) groups is 1. The van der Waals surface area contributed by atoms with Crippen molar-refractivity contribution in [1.29, 1.82) is 0 Å². The fourth-order valence-electron chi connectivity index (χ4n) is 3.01. The first-order valence-corrected chi connectivity index (χ1v) is 9.21. The smallest absolute Gasteiger partial charge is 0.191 e. The van der Waals surface area contributed by atoms with Gasteiger partial charge in [-0.25, -0.2) is 9.37 Å². The Morgan fingerprint density at radius 2 is 2.04 bits per heavy atom. The molecule has 2 N–H and O–H groups in total. The minimum atomic E-state index is -0.184. The molecule has 0 spiro atoms. The van der Waals surface area contributed by atoms with Gasteiger partial charge >= 0.3 is 0 Å². The lowest BCUT2D eigenvalue weighted by molar-refractivity contribution is 0.604. The highest BCUT2D eigenvalue weighted by Gasteiger charge is 2.09. The maximum Gasteiger partial charge on any atom is 0.191 e. The summed E-state index contributed by atoms with van der Waals surface area (Å²) in [7, 11) is 1.74. The molecule has 3 rings (SSSR count). The van der Waals surface area contributed by atoms with Gasteiger partial charge in [-0.1, -0.05) is 24.3 Å². The lowest BCUT2D eigenvalue weighted by atomic mass is 10.1. The van der Waals surface area contributed by atoms with E-state index in [0.717, 1.165) is 36.1 Å². The van der Waals surface area contributed by atoms with Gasteiger partial charge in [0, 0.05) is 20.1 Å². The SMILES string of the molecule is CN=C(NCCCn1cnc2ccccc21)NC(C)c1ccc(C)c(F)c1.I. The Hall–Kier alpha value is -2.16. The van der Waals surface area contributed by atoms with Crippen LogP contribution in [0.2, 0.25) is 0 Å². The fraction of sp³-hybridized carbons (Fsp3) is 0.333. The third-order valence-corrected chi connectivity index (χ3v) is 4.67. The van der Waals surface area contributed by atoms with Crippen molar-refractivity contribution in [2.45, 2.75) is 32.9 Å². The summed E-state index contributed by atoms with van der Waals surface area (Å²) in [5.74, 6) is 0.524. The molecule has 0 fully saturated rings. The maximum absolute atomic E-state index is 13.8. The van der Waals surface area contributed by atoms with E-state index in [-0.39, 0.29) is 35.8 Å². The van der Waals surface area contributed by atoms with Crippen LogP contribution in [0.15, 0.2) is 53.8 Å². The molecule has 1 aromatic heterocycles. The Morgan fingerprint density at radius 1 is 1.25 bits per heavy atom. The summed E-state index contributed by atoms with van der Waals surface area (Å²) in [6, 6.07) is 13.4. The molecular formula is C21H27FIN5. The van der Waals surface area contributed by atoms with Crippen molar-refractivity contribution in [2.75, 3.05) is 13.6 Å². The fourth-order valence-corrected chi connectivity index (χ4v) is 3.01. The lowest BCUT2D eigenvalue weighted by Crippen LogP contribution is -2.39. The predicted octanol–water partition coefficient (Wildman–Crippen LogP) is 4.42. The van der Waals surface area contributed by atoms with Crippen molar-refractivity contribution in [3.63, 3.8) is 0 Å². The second kappa shape index (κ2) is 10.4. The third kappa shape index (κ3) is 5.43. The first kappa shape index (κ1) is 22.1. The number of para-hydroxylation sites is 2. The molecule has 1 atom stereocenters. The molecule has 0 bridgehead atoms. The molecule has 5 nitrogen and oxygen atoms in total. The standard InChI is InChI=1S/C21H26FN5.HI/c1-15-9-10-17(13-18(15)22)16(2)26-21(23-3)24-11-6-12-27-14-25-19-7-4-5-8-20(19)27;/h4-5,7-10,13-14,16H,6,11-12H2,1-3H3,(H2,23,24,26);1H. The second-order valence-electron chi connectivity index (χ2n) is 6.65. The summed E-state index contributed by atoms with van der Waals surface area (Å²) in [6.07, 6.45) is 2.82. The predicted molar refractivity (Wildman–Crippen MR) is 124 cm³/mol. The molecule has 3 aromatic rings. The van der Waals surface area contributed by atoms with Crippen LogP contribution in [0.4, 0.5) is 4.39 Å². The topological polar surface area (TPSA) is 54.2 Å². The van der Waals surface area contributed by atoms with E-state index in [1.165, 1.54) is 0 Å². The first-order valence-electron chi connectivity index (χ1n) is 9.21. The number of aromatic nitrogens is 2. The van der Waals surface area contributed by atoms with Crippen LogP contribution in [0.3, 0.4) is 0 Å². The monoisotopic (exact) mass is 495 g/mol. The van der Waals surface area contributed by atoms with E-state index < -0.39 is 0 Å². The van der Waals surface area contributed by atoms with E-state index in [2.05, 4.69) is 31.2 Å². The number of nitrogens with zero attached hydrogens (tertiary/aromatic N) is 3. The van der Waals surface area contributed by atoms with E-state index in [4.69, 9.17) is 0 Å². The number of halogens is 2. The molecule has 0 aliphatic heterocycles. The van der Waals surface area contributed by atoms with Gasteiger partial charge in [0.05, 0.1) is 23.4 Å². The summed E-state index contributed by atoms with van der Waals surface area (Å²) in [6.45, 7) is 5.42. The van der Waals surface area contributed by atoms with Crippen molar-refractivity contribution in [1.82, 2.24) is 20.2 Å². The molecule has 1 unspecified atom stereocenters. The Balaban J connectivity index is 0.00000280. The summed E-state index contributed by atoms with van der Waals surface area (Å²) in [5.41, 5.74) is 3.71. The van der Waals surface area contributed by atoms with Crippen LogP contribution >= 0.6 is 24.0 Å². The molecule has 0 saturated carbocycles. The van der Waals surface area contributed by atoms with Gasteiger partial charge in [-0.2, -0.15) is 0 Å². The molecule has 2 aromatic carbocycles. The van der Waals surface area contributed by atoms with E-state index in [1.807, 2.05) is 37.5 Å². The van der Waals surface area contributed by atoms with Crippen LogP contribution in [-0.4, -0.2) is 29.1 Å². The largest absolute Gasteiger partial charge is 0.356 e.